The first-order valence-corrected chi connectivity index (χ1v) is 12.7. The standard InChI is InChI=1S/C29H32FN3O3/c1-3-15-32-26-23(24(17-34)27(32)28(35)31-18(2)19-7-5-4-6-8-19)16-33-25(26)14-13-22(29(33)36)20-9-11-21(30)12-10-20/h4-14,18,23-24,26-27,34H,3,15-17H2,1-2H3,(H,31,35)/t18-,23-,24-,26+,27-/m1/s1. The molecule has 1 aromatic heterocycles. The maximum absolute atomic E-state index is 13.6. The molecule has 5 atom stereocenters. The van der Waals surface area contributed by atoms with Crippen molar-refractivity contribution in [3.63, 3.8) is 0 Å². The van der Waals surface area contributed by atoms with E-state index in [4.69, 9.17) is 0 Å². The van der Waals surface area contributed by atoms with E-state index in [1.165, 1.54) is 12.1 Å². The van der Waals surface area contributed by atoms with Crippen molar-refractivity contribution in [1.82, 2.24) is 14.8 Å². The minimum atomic E-state index is -0.475. The summed E-state index contributed by atoms with van der Waals surface area (Å²) in [4.78, 5) is 29.2. The summed E-state index contributed by atoms with van der Waals surface area (Å²) in [5.74, 6) is -0.787. The predicted molar refractivity (Wildman–Crippen MR) is 137 cm³/mol. The van der Waals surface area contributed by atoms with Crippen LogP contribution in [0.4, 0.5) is 4.39 Å². The van der Waals surface area contributed by atoms with E-state index in [1.54, 1.807) is 22.8 Å². The molecule has 6 nitrogen and oxygen atoms in total. The lowest BCUT2D eigenvalue weighted by molar-refractivity contribution is -0.128. The van der Waals surface area contributed by atoms with Gasteiger partial charge in [0.25, 0.3) is 5.56 Å². The summed E-state index contributed by atoms with van der Waals surface area (Å²) < 4.78 is 15.2. The van der Waals surface area contributed by atoms with Gasteiger partial charge in [-0.25, -0.2) is 4.39 Å². The Kier molecular flexibility index (Phi) is 6.77. The quantitative estimate of drug-likeness (QED) is 0.528. The van der Waals surface area contributed by atoms with Crippen LogP contribution in [0.5, 0.6) is 0 Å². The summed E-state index contributed by atoms with van der Waals surface area (Å²) in [5, 5.41) is 13.6. The van der Waals surface area contributed by atoms with Gasteiger partial charge in [0.2, 0.25) is 5.91 Å². The Morgan fingerprint density at radius 2 is 1.83 bits per heavy atom. The zero-order valence-corrected chi connectivity index (χ0v) is 20.6. The Hall–Kier alpha value is -3.29. The van der Waals surface area contributed by atoms with Gasteiger partial charge in [0.15, 0.2) is 0 Å². The van der Waals surface area contributed by atoms with Crippen molar-refractivity contribution >= 4 is 5.91 Å². The Labute approximate surface area is 210 Å². The number of nitrogens with one attached hydrogen (secondary N) is 1. The number of halogens is 1. The second-order valence-corrected chi connectivity index (χ2v) is 9.87. The van der Waals surface area contributed by atoms with Crippen molar-refractivity contribution in [2.45, 2.75) is 44.9 Å². The number of rotatable bonds is 7. The van der Waals surface area contributed by atoms with E-state index in [-0.39, 0.29) is 47.8 Å². The maximum atomic E-state index is 13.6. The van der Waals surface area contributed by atoms with Crippen molar-refractivity contribution in [2.24, 2.45) is 11.8 Å². The summed E-state index contributed by atoms with van der Waals surface area (Å²) in [6, 6.07) is 18.8. The fraction of sp³-hybridized carbons (Fsp3) is 0.379. The van der Waals surface area contributed by atoms with Gasteiger partial charge in [-0.15, -0.1) is 0 Å². The van der Waals surface area contributed by atoms with Gasteiger partial charge in [-0.3, -0.25) is 14.5 Å². The van der Waals surface area contributed by atoms with Crippen LogP contribution in [0.15, 0.2) is 71.5 Å². The SMILES string of the molecule is CCCN1[C@@H]2c3ccc(-c4ccc(F)cc4)c(=O)n3C[C@@H]2[C@@H](CO)[C@@H]1C(=O)N[C@H](C)c1ccccc1. The third kappa shape index (κ3) is 4.16. The zero-order chi connectivity index (χ0) is 25.4. The second-order valence-electron chi connectivity index (χ2n) is 9.87. The van der Waals surface area contributed by atoms with E-state index in [1.807, 2.05) is 43.3 Å². The lowest BCUT2D eigenvalue weighted by Gasteiger charge is -2.31. The first-order valence-electron chi connectivity index (χ1n) is 12.7. The van der Waals surface area contributed by atoms with Crippen LogP contribution in [0.3, 0.4) is 0 Å². The highest BCUT2D eigenvalue weighted by Gasteiger charge is 2.55. The van der Waals surface area contributed by atoms with Crippen molar-refractivity contribution in [3.05, 3.63) is 94.2 Å². The molecule has 2 aliphatic heterocycles. The molecule has 0 spiro atoms. The third-order valence-corrected chi connectivity index (χ3v) is 7.75. The normalized spacial score (nSPS) is 23.8. The Morgan fingerprint density at radius 1 is 1.11 bits per heavy atom. The van der Waals surface area contributed by atoms with Crippen LogP contribution in [-0.2, 0) is 11.3 Å². The summed E-state index contributed by atoms with van der Waals surface area (Å²) >= 11 is 0. The van der Waals surface area contributed by atoms with E-state index >= 15 is 0 Å². The molecule has 2 N–H and O–H groups in total. The molecule has 2 aromatic carbocycles. The van der Waals surface area contributed by atoms with Crippen molar-refractivity contribution in [3.8, 4) is 11.1 Å². The number of nitrogens with zero attached hydrogens (tertiary/aromatic N) is 2. The number of aliphatic hydroxyl groups excluding tert-OH is 1. The number of fused-ring (bicyclic) bond motifs is 3. The zero-order valence-electron chi connectivity index (χ0n) is 20.6. The number of aromatic nitrogens is 1. The van der Waals surface area contributed by atoms with E-state index in [0.717, 1.165) is 17.7 Å². The van der Waals surface area contributed by atoms with Gasteiger partial charge >= 0.3 is 0 Å². The van der Waals surface area contributed by atoms with E-state index < -0.39 is 6.04 Å². The monoisotopic (exact) mass is 489 g/mol. The van der Waals surface area contributed by atoms with Crippen molar-refractivity contribution in [2.75, 3.05) is 13.2 Å². The molecule has 0 radical (unpaired) electrons. The summed E-state index contributed by atoms with van der Waals surface area (Å²) in [6.45, 7) is 5.03. The van der Waals surface area contributed by atoms with Crippen LogP contribution >= 0.6 is 0 Å². The van der Waals surface area contributed by atoms with Gasteiger partial charge in [-0.05, 0) is 55.3 Å². The van der Waals surface area contributed by atoms with E-state index in [9.17, 15) is 19.1 Å². The molecule has 1 saturated heterocycles. The molecule has 0 saturated carbocycles. The molecular weight excluding hydrogens is 457 g/mol. The third-order valence-electron chi connectivity index (χ3n) is 7.75. The lowest BCUT2D eigenvalue weighted by Crippen LogP contribution is -2.49. The summed E-state index contributed by atoms with van der Waals surface area (Å²) in [7, 11) is 0. The number of carbonyl (C=O) groups is 1. The average Bonchev–Trinajstić information content (AvgIpc) is 3.41. The number of pyridine rings is 1. The lowest BCUT2D eigenvalue weighted by atomic mass is 9.88. The van der Waals surface area contributed by atoms with E-state index in [0.29, 0.717) is 24.2 Å². The minimum Gasteiger partial charge on any atom is -0.396 e. The Bertz CT molecular complexity index is 1290. The Morgan fingerprint density at radius 3 is 2.50 bits per heavy atom. The van der Waals surface area contributed by atoms with Gasteiger partial charge in [-0.1, -0.05) is 49.4 Å². The van der Waals surface area contributed by atoms with Crippen LogP contribution in [0, 0.1) is 17.7 Å². The van der Waals surface area contributed by atoms with Crippen molar-refractivity contribution in [1.29, 1.82) is 0 Å². The molecule has 7 heteroatoms. The van der Waals surface area contributed by atoms with Gasteiger partial charge in [0.1, 0.15) is 5.82 Å². The number of amides is 1. The first kappa shape index (κ1) is 24.4. The Balaban J connectivity index is 1.47. The highest BCUT2D eigenvalue weighted by molar-refractivity contribution is 5.83. The molecule has 1 fully saturated rings. The predicted octanol–water partition coefficient (Wildman–Crippen LogP) is 3.91. The molecule has 188 valence electrons. The van der Waals surface area contributed by atoms with Crippen LogP contribution in [0.1, 0.15) is 43.6 Å². The fourth-order valence-electron chi connectivity index (χ4n) is 6.10. The van der Waals surface area contributed by atoms with Gasteiger partial charge in [-0.2, -0.15) is 0 Å². The van der Waals surface area contributed by atoms with Crippen LogP contribution in [0.2, 0.25) is 0 Å². The number of aliphatic hydroxyl groups is 1. The van der Waals surface area contributed by atoms with E-state index in [2.05, 4.69) is 17.1 Å². The highest BCUT2D eigenvalue weighted by atomic mass is 19.1. The van der Waals surface area contributed by atoms with Gasteiger partial charge < -0.3 is 15.0 Å². The highest BCUT2D eigenvalue weighted by Crippen LogP contribution is 2.49. The molecule has 36 heavy (non-hydrogen) atoms. The van der Waals surface area contributed by atoms with Crippen LogP contribution in [0.25, 0.3) is 11.1 Å². The molecule has 3 heterocycles. The molecule has 0 bridgehead atoms. The number of hydrogen-bond acceptors (Lipinski definition) is 4. The smallest absolute Gasteiger partial charge is 0.258 e. The molecular formula is C29H32FN3O3. The first-order chi connectivity index (χ1) is 17.4. The average molecular weight is 490 g/mol. The number of likely N-dealkylation sites (tertiary alicyclic amines) is 1. The topological polar surface area (TPSA) is 74.6 Å². The summed E-state index contributed by atoms with van der Waals surface area (Å²) in [5.41, 5.74) is 2.96. The van der Waals surface area contributed by atoms with Crippen LogP contribution in [-0.4, -0.2) is 39.7 Å². The van der Waals surface area contributed by atoms with Crippen molar-refractivity contribution < 1.29 is 14.3 Å². The maximum Gasteiger partial charge on any atom is 0.258 e. The molecule has 1 amide bonds. The molecule has 2 aliphatic rings. The number of benzene rings is 2. The van der Waals surface area contributed by atoms with Crippen LogP contribution < -0.4 is 10.9 Å². The number of carbonyl (C=O) groups excluding carboxylic acids is 1. The molecule has 0 unspecified atom stereocenters. The molecule has 3 aromatic rings. The van der Waals surface area contributed by atoms with Gasteiger partial charge in [0, 0.05) is 36.2 Å². The summed E-state index contributed by atoms with van der Waals surface area (Å²) in [6.07, 6.45) is 0.845. The van der Waals surface area contributed by atoms with Gasteiger partial charge in [0.05, 0.1) is 18.1 Å². The largest absolute Gasteiger partial charge is 0.396 e. The molecule has 5 rings (SSSR count). The number of hydrogen-bond donors (Lipinski definition) is 2. The molecule has 0 aliphatic carbocycles. The minimum absolute atomic E-state index is 0.0551. The fourth-order valence-corrected chi connectivity index (χ4v) is 6.10. The second kappa shape index (κ2) is 9.99.